The van der Waals surface area contributed by atoms with Gasteiger partial charge in [0.25, 0.3) is 5.91 Å². The van der Waals surface area contributed by atoms with Crippen LogP contribution in [0.5, 0.6) is 11.6 Å². The van der Waals surface area contributed by atoms with Crippen LogP contribution in [0.3, 0.4) is 0 Å². The molecular formula is C9H11N2O4. The molecule has 0 saturated heterocycles. The lowest BCUT2D eigenvalue weighted by Gasteiger charge is -2.06. The second-order valence-electron chi connectivity index (χ2n) is 2.57. The third-order valence-electron chi connectivity index (χ3n) is 1.51. The Morgan fingerprint density at radius 2 is 2.47 bits per heavy atom. The number of hydrogen-bond acceptors (Lipinski definition) is 5. The normalized spacial score (nSPS) is 9.73. The summed E-state index contributed by atoms with van der Waals surface area (Å²) in [6.45, 7) is -0.0626. The van der Waals surface area contributed by atoms with Crippen molar-refractivity contribution in [1.82, 2.24) is 4.98 Å². The minimum Gasteiger partial charge on any atom is -0.496 e. The van der Waals surface area contributed by atoms with Gasteiger partial charge in [-0.05, 0) is 0 Å². The fraction of sp³-hybridized carbons (Fsp3) is 0.333. The molecule has 1 aromatic heterocycles. The Morgan fingerprint density at radius 1 is 1.73 bits per heavy atom. The lowest BCUT2D eigenvalue weighted by Crippen LogP contribution is -2.14. The first-order valence-corrected chi connectivity index (χ1v) is 4.19. The third-order valence-corrected chi connectivity index (χ3v) is 1.51. The van der Waals surface area contributed by atoms with Crippen molar-refractivity contribution in [3.8, 4) is 11.6 Å². The van der Waals surface area contributed by atoms with Crippen molar-refractivity contribution in [3.63, 3.8) is 0 Å². The summed E-state index contributed by atoms with van der Waals surface area (Å²) in [5.41, 5.74) is 4.97. The van der Waals surface area contributed by atoms with E-state index in [1.165, 1.54) is 13.2 Å². The Balaban J connectivity index is 2.95. The Hall–Kier alpha value is -1.82. The van der Waals surface area contributed by atoms with Gasteiger partial charge in [-0.15, -0.1) is 0 Å². The Labute approximate surface area is 86.6 Å². The van der Waals surface area contributed by atoms with E-state index in [1.807, 2.05) is 0 Å². The summed E-state index contributed by atoms with van der Waals surface area (Å²) in [6, 6.07) is 4.01. The summed E-state index contributed by atoms with van der Waals surface area (Å²) in [5.74, 6) is -0.261. The van der Waals surface area contributed by atoms with E-state index in [9.17, 15) is 4.79 Å². The predicted octanol–water partition coefficient (Wildman–Crippen LogP) is -0.640. The average Bonchev–Trinajstić information content (AvgIpc) is 2.25. The molecular weight excluding hydrogens is 200 g/mol. The van der Waals surface area contributed by atoms with Gasteiger partial charge in [-0.25, -0.2) is 4.98 Å². The molecule has 0 aliphatic rings. The number of carbonyl (C=O) groups is 1. The quantitative estimate of drug-likeness (QED) is 0.675. The lowest BCUT2D eigenvalue weighted by atomic mass is 10.3. The molecule has 0 spiro atoms. The predicted molar refractivity (Wildman–Crippen MR) is 50.7 cm³/mol. The van der Waals surface area contributed by atoms with Crippen molar-refractivity contribution in [1.29, 1.82) is 0 Å². The largest absolute Gasteiger partial charge is 0.496 e. The minimum absolute atomic E-state index is 0.0673. The molecule has 3 N–H and O–H groups in total. The molecule has 0 aliphatic carbocycles. The van der Waals surface area contributed by atoms with Crippen LogP contribution in [0.1, 0.15) is 10.5 Å². The minimum atomic E-state index is -0.720. The first-order chi connectivity index (χ1) is 7.17. The number of amides is 1. The number of aromatic nitrogens is 1. The zero-order valence-electron chi connectivity index (χ0n) is 8.19. The van der Waals surface area contributed by atoms with Crippen LogP contribution in [0.25, 0.3) is 0 Å². The number of aliphatic hydroxyl groups is 1. The number of nitrogens with zero attached hydrogens (tertiary/aromatic N) is 1. The monoisotopic (exact) mass is 211 g/mol. The first kappa shape index (κ1) is 11.3. The van der Waals surface area contributed by atoms with Crippen molar-refractivity contribution < 1.29 is 19.4 Å². The van der Waals surface area contributed by atoms with E-state index in [0.717, 1.165) is 0 Å². The Morgan fingerprint density at radius 3 is 3.00 bits per heavy atom. The smallest absolute Gasteiger partial charge is 0.268 e. The van der Waals surface area contributed by atoms with Gasteiger partial charge >= 0.3 is 0 Å². The molecule has 0 atom stereocenters. The lowest BCUT2D eigenvalue weighted by molar-refractivity contribution is 0.0993. The van der Waals surface area contributed by atoms with Crippen molar-refractivity contribution in [2.24, 2.45) is 5.73 Å². The Bertz CT molecular complexity index is 354. The van der Waals surface area contributed by atoms with Crippen LogP contribution < -0.4 is 15.2 Å². The summed E-state index contributed by atoms with van der Waals surface area (Å²) < 4.78 is 9.90. The van der Waals surface area contributed by atoms with Crippen LogP contribution in [0.15, 0.2) is 6.07 Å². The summed E-state index contributed by atoms with van der Waals surface area (Å²) in [5, 5.41) is 8.55. The van der Waals surface area contributed by atoms with E-state index < -0.39 is 5.91 Å². The van der Waals surface area contributed by atoms with Crippen LogP contribution in [0, 0.1) is 6.07 Å². The van der Waals surface area contributed by atoms with E-state index in [0.29, 0.717) is 5.75 Å². The van der Waals surface area contributed by atoms with E-state index >= 15 is 0 Å². The maximum absolute atomic E-state index is 10.9. The number of hydrogen-bond donors (Lipinski definition) is 2. The fourth-order valence-corrected chi connectivity index (χ4v) is 0.886. The number of methoxy groups -OCH3 is 1. The van der Waals surface area contributed by atoms with Crippen LogP contribution in [0.4, 0.5) is 0 Å². The molecule has 6 heteroatoms. The third kappa shape index (κ3) is 3.10. The fourth-order valence-electron chi connectivity index (χ4n) is 0.886. The second-order valence-corrected chi connectivity index (χ2v) is 2.57. The Kier molecular flexibility index (Phi) is 3.87. The zero-order chi connectivity index (χ0) is 11.3. The first-order valence-electron chi connectivity index (χ1n) is 4.19. The average molecular weight is 211 g/mol. The molecule has 1 rings (SSSR count). The van der Waals surface area contributed by atoms with Gasteiger partial charge in [0.1, 0.15) is 18.1 Å². The van der Waals surface area contributed by atoms with Crippen LogP contribution in [-0.2, 0) is 0 Å². The number of primary amides is 1. The van der Waals surface area contributed by atoms with Crippen molar-refractivity contribution in [2.45, 2.75) is 0 Å². The summed E-state index contributed by atoms with van der Waals surface area (Å²) >= 11 is 0. The maximum Gasteiger partial charge on any atom is 0.268 e. The number of ether oxygens (including phenoxy) is 2. The van der Waals surface area contributed by atoms with Gasteiger partial charge in [0, 0.05) is 6.07 Å². The molecule has 0 fully saturated rings. The van der Waals surface area contributed by atoms with Gasteiger partial charge in [0.15, 0.2) is 0 Å². The standard InChI is InChI=1S/C9H11N2O4/c1-14-6-4-7(9(10)13)11-8(5-6)15-3-2-12/h5,12H,2-3H2,1H3,(H2,10,13). The molecule has 0 saturated carbocycles. The van der Waals surface area contributed by atoms with Gasteiger partial charge in [-0.1, -0.05) is 0 Å². The van der Waals surface area contributed by atoms with Gasteiger partial charge in [0.2, 0.25) is 5.88 Å². The number of carbonyl (C=O) groups excluding carboxylic acids is 1. The summed E-state index contributed by atoms with van der Waals surface area (Å²) in [4.78, 5) is 14.6. The van der Waals surface area contributed by atoms with Crippen molar-refractivity contribution in [3.05, 3.63) is 17.8 Å². The number of pyridine rings is 1. The van der Waals surface area contributed by atoms with Crippen LogP contribution >= 0.6 is 0 Å². The highest BCUT2D eigenvalue weighted by Crippen LogP contribution is 2.17. The van der Waals surface area contributed by atoms with Crippen LogP contribution in [0.2, 0.25) is 0 Å². The maximum atomic E-state index is 10.9. The summed E-state index contributed by atoms with van der Waals surface area (Å²) in [7, 11) is 1.42. The highest BCUT2D eigenvalue weighted by atomic mass is 16.5. The molecule has 1 aromatic rings. The molecule has 6 nitrogen and oxygen atoms in total. The highest BCUT2D eigenvalue weighted by Gasteiger charge is 2.09. The van der Waals surface area contributed by atoms with Gasteiger partial charge in [-0.2, -0.15) is 0 Å². The molecule has 1 heterocycles. The topological polar surface area (TPSA) is 94.7 Å². The molecule has 0 unspecified atom stereocenters. The number of rotatable bonds is 5. The molecule has 1 amide bonds. The number of aliphatic hydroxyl groups excluding tert-OH is 1. The van der Waals surface area contributed by atoms with Crippen molar-refractivity contribution in [2.75, 3.05) is 20.3 Å². The highest BCUT2D eigenvalue weighted by molar-refractivity contribution is 5.91. The zero-order valence-corrected chi connectivity index (χ0v) is 8.19. The molecule has 1 radical (unpaired) electrons. The molecule has 15 heavy (non-hydrogen) atoms. The molecule has 0 bridgehead atoms. The SMILES string of the molecule is COc1[c]c(C(N)=O)nc(OCCO)c1. The molecule has 0 aromatic carbocycles. The summed E-state index contributed by atoms with van der Waals surface area (Å²) in [6.07, 6.45) is 0. The molecule has 0 aliphatic heterocycles. The number of nitrogens with two attached hydrogens (primary N) is 1. The van der Waals surface area contributed by atoms with Gasteiger partial charge < -0.3 is 20.3 Å². The van der Waals surface area contributed by atoms with E-state index in [2.05, 4.69) is 11.1 Å². The van der Waals surface area contributed by atoms with E-state index in [-0.39, 0.29) is 24.8 Å². The second kappa shape index (κ2) is 5.16. The van der Waals surface area contributed by atoms with E-state index in [4.69, 9.17) is 20.3 Å². The van der Waals surface area contributed by atoms with Gasteiger partial charge in [0.05, 0.1) is 19.8 Å². The molecule has 81 valence electrons. The van der Waals surface area contributed by atoms with Crippen LogP contribution in [-0.4, -0.2) is 36.3 Å². The van der Waals surface area contributed by atoms with E-state index in [1.54, 1.807) is 0 Å². The van der Waals surface area contributed by atoms with Gasteiger partial charge in [-0.3, -0.25) is 4.79 Å². The van der Waals surface area contributed by atoms with Crippen molar-refractivity contribution >= 4 is 5.91 Å².